The maximum atomic E-state index is 4.32. The van der Waals surface area contributed by atoms with E-state index in [9.17, 15) is 0 Å². The van der Waals surface area contributed by atoms with Crippen LogP contribution in [0.5, 0.6) is 0 Å². The van der Waals surface area contributed by atoms with Crippen molar-refractivity contribution < 1.29 is 0 Å². The van der Waals surface area contributed by atoms with Crippen molar-refractivity contribution >= 4 is 0 Å². The van der Waals surface area contributed by atoms with Crippen LogP contribution in [0.2, 0.25) is 0 Å². The molecule has 2 atom stereocenters. The number of piperazine rings is 1. The molecule has 0 aromatic carbocycles. The summed E-state index contributed by atoms with van der Waals surface area (Å²) in [6, 6.07) is 0.956. The Balaban J connectivity index is 2.19. The van der Waals surface area contributed by atoms with Crippen molar-refractivity contribution in [3.05, 3.63) is 0 Å². The highest BCUT2D eigenvalue weighted by Gasteiger charge is 2.13. The van der Waals surface area contributed by atoms with Gasteiger partial charge in [0.15, 0.2) is 0 Å². The van der Waals surface area contributed by atoms with Gasteiger partial charge >= 0.3 is 0 Å². The minimum Gasteiger partial charge on any atom is -0.236 e. The third-order valence-corrected chi connectivity index (χ3v) is 1.36. The summed E-state index contributed by atoms with van der Waals surface area (Å²) in [5.41, 5.74) is 0. The minimum absolute atomic E-state index is 0.478. The van der Waals surface area contributed by atoms with E-state index in [0.717, 1.165) is 13.1 Å². The Morgan fingerprint density at radius 2 is 1.38 bits per heavy atom. The molecule has 2 radical (unpaired) electrons. The third-order valence-electron chi connectivity index (χ3n) is 1.36. The number of nitrogens with zero attached hydrogens (tertiary/aromatic N) is 2. The lowest BCUT2D eigenvalue weighted by Gasteiger charge is -2.22. The summed E-state index contributed by atoms with van der Waals surface area (Å²) in [5, 5.41) is 8.63. The van der Waals surface area contributed by atoms with Crippen LogP contribution in [0.3, 0.4) is 0 Å². The Hall–Kier alpha value is -0.0800. The van der Waals surface area contributed by atoms with Crippen LogP contribution in [0.15, 0.2) is 0 Å². The molecule has 0 bridgehead atoms. The molecule has 8 heavy (non-hydrogen) atoms. The maximum Gasteiger partial charge on any atom is 0.0360 e. The van der Waals surface area contributed by atoms with Gasteiger partial charge in [0.05, 0.1) is 0 Å². The molecule has 1 rings (SSSR count). The fraction of sp³-hybridized carbons (Fsp3) is 1.00. The summed E-state index contributed by atoms with van der Waals surface area (Å²) >= 11 is 0. The van der Waals surface area contributed by atoms with Gasteiger partial charge in [-0.15, -0.1) is 0 Å². The summed E-state index contributed by atoms with van der Waals surface area (Å²) < 4.78 is 0. The molecule has 0 aromatic rings. The van der Waals surface area contributed by atoms with Crippen LogP contribution >= 0.6 is 0 Å². The van der Waals surface area contributed by atoms with Gasteiger partial charge in [0.1, 0.15) is 0 Å². The summed E-state index contributed by atoms with van der Waals surface area (Å²) in [5.74, 6) is 0. The molecule has 0 aromatic heterocycles. The molecule has 0 aliphatic carbocycles. The molecule has 1 aliphatic rings. The van der Waals surface area contributed by atoms with Crippen molar-refractivity contribution in [3.8, 4) is 0 Å². The van der Waals surface area contributed by atoms with Gasteiger partial charge in [0.25, 0.3) is 0 Å². The first-order chi connectivity index (χ1) is 3.79. The first-order valence-electron chi connectivity index (χ1n) is 3.12. The predicted molar refractivity (Wildman–Crippen MR) is 32.9 cm³/mol. The Morgan fingerprint density at radius 1 is 1.00 bits per heavy atom. The van der Waals surface area contributed by atoms with Crippen LogP contribution in [0.4, 0.5) is 0 Å². The lowest BCUT2D eigenvalue weighted by Crippen LogP contribution is -2.43. The molecule has 0 amide bonds. The zero-order valence-electron chi connectivity index (χ0n) is 5.46. The smallest absolute Gasteiger partial charge is 0.0360 e. The van der Waals surface area contributed by atoms with Crippen LogP contribution in [-0.4, -0.2) is 25.2 Å². The van der Waals surface area contributed by atoms with Crippen LogP contribution in [0.25, 0.3) is 0 Å². The first-order valence-corrected chi connectivity index (χ1v) is 3.12. The number of hydrogen-bond donors (Lipinski definition) is 0. The zero-order chi connectivity index (χ0) is 5.98. The fourth-order valence-electron chi connectivity index (χ4n) is 0.780. The van der Waals surface area contributed by atoms with Crippen LogP contribution in [0, 0.1) is 0 Å². The highest BCUT2D eigenvalue weighted by Crippen LogP contribution is 1.94. The molecule has 1 fully saturated rings. The van der Waals surface area contributed by atoms with E-state index >= 15 is 0 Å². The van der Waals surface area contributed by atoms with Gasteiger partial charge in [0.2, 0.25) is 0 Å². The predicted octanol–water partition coefficient (Wildman–Crippen LogP) is -0.0142. The van der Waals surface area contributed by atoms with Crippen LogP contribution in [-0.2, 0) is 0 Å². The number of hydrogen-bond acceptors (Lipinski definition) is 0. The third kappa shape index (κ3) is 1.46. The lowest BCUT2D eigenvalue weighted by molar-refractivity contribution is 0.362. The molecule has 0 spiro atoms. The standard InChI is InChI=1S/C6H12N2/c1-5-3-8-6(2)4-7-5/h5-6H,3-4H2,1-2H3. The van der Waals surface area contributed by atoms with E-state index < -0.39 is 0 Å². The second-order valence-electron chi connectivity index (χ2n) is 2.43. The van der Waals surface area contributed by atoms with Crippen LogP contribution in [0.1, 0.15) is 13.8 Å². The van der Waals surface area contributed by atoms with Crippen molar-refractivity contribution in [1.29, 1.82) is 0 Å². The van der Waals surface area contributed by atoms with E-state index in [0.29, 0.717) is 12.1 Å². The lowest BCUT2D eigenvalue weighted by atomic mass is 10.2. The van der Waals surface area contributed by atoms with E-state index in [1.54, 1.807) is 0 Å². The molecule has 2 heteroatoms. The maximum absolute atomic E-state index is 4.32. The van der Waals surface area contributed by atoms with Crippen molar-refractivity contribution in [2.24, 2.45) is 0 Å². The van der Waals surface area contributed by atoms with Gasteiger partial charge in [-0.1, -0.05) is 0 Å². The topological polar surface area (TPSA) is 28.2 Å². The van der Waals surface area contributed by atoms with Crippen LogP contribution < -0.4 is 10.6 Å². The van der Waals surface area contributed by atoms with Crippen molar-refractivity contribution in [2.45, 2.75) is 25.9 Å². The van der Waals surface area contributed by atoms with Gasteiger partial charge in [-0.2, -0.15) is 0 Å². The summed E-state index contributed by atoms with van der Waals surface area (Å²) in [4.78, 5) is 0. The molecular weight excluding hydrogens is 100 g/mol. The average molecular weight is 112 g/mol. The molecule has 1 heterocycles. The van der Waals surface area contributed by atoms with Gasteiger partial charge in [-0.05, 0) is 13.8 Å². The van der Waals surface area contributed by atoms with Crippen molar-refractivity contribution in [1.82, 2.24) is 10.6 Å². The Bertz CT molecular complexity index is 54.9. The van der Waals surface area contributed by atoms with Crippen molar-refractivity contribution in [2.75, 3.05) is 13.1 Å². The van der Waals surface area contributed by atoms with Gasteiger partial charge in [-0.3, -0.25) is 0 Å². The van der Waals surface area contributed by atoms with Gasteiger partial charge in [0, 0.05) is 25.2 Å². The highest BCUT2D eigenvalue weighted by atomic mass is 15.1. The monoisotopic (exact) mass is 112 g/mol. The van der Waals surface area contributed by atoms with E-state index in [2.05, 4.69) is 24.5 Å². The Kier molecular flexibility index (Phi) is 1.86. The number of rotatable bonds is 0. The van der Waals surface area contributed by atoms with Gasteiger partial charge in [-0.25, -0.2) is 10.6 Å². The fourth-order valence-corrected chi connectivity index (χ4v) is 0.780. The molecule has 2 nitrogen and oxygen atoms in total. The Morgan fingerprint density at radius 3 is 1.62 bits per heavy atom. The zero-order valence-corrected chi connectivity index (χ0v) is 5.46. The second kappa shape index (κ2) is 2.46. The van der Waals surface area contributed by atoms with Gasteiger partial charge < -0.3 is 0 Å². The molecule has 1 aliphatic heterocycles. The normalized spacial score (nSPS) is 39.8. The molecule has 0 saturated carbocycles. The summed E-state index contributed by atoms with van der Waals surface area (Å²) in [6.07, 6.45) is 0. The molecule has 2 unspecified atom stereocenters. The highest BCUT2D eigenvalue weighted by molar-refractivity contribution is 4.75. The summed E-state index contributed by atoms with van der Waals surface area (Å²) in [6.45, 7) is 6.08. The second-order valence-corrected chi connectivity index (χ2v) is 2.43. The van der Waals surface area contributed by atoms with E-state index in [1.807, 2.05) is 0 Å². The molecule has 46 valence electrons. The molecule has 1 saturated heterocycles. The Labute approximate surface area is 50.7 Å². The van der Waals surface area contributed by atoms with Crippen molar-refractivity contribution in [3.63, 3.8) is 0 Å². The average Bonchev–Trinajstić information content (AvgIpc) is 1.77. The van der Waals surface area contributed by atoms with E-state index in [-0.39, 0.29) is 0 Å². The first kappa shape index (κ1) is 6.05. The van der Waals surface area contributed by atoms with E-state index in [1.165, 1.54) is 0 Å². The van der Waals surface area contributed by atoms with E-state index in [4.69, 9.17) is 0 Å². The molecule has 0 N–H and O–H groups in total. The quantitative estimate of drug-likeness (QED) is 0.421. The minimum atomic E-state index is 0.478. The largest absolute Gasteiger partial charge is 0.236 e. The molecular formula is C6H12N2. The SMILES string of the molecule is CC1C[N]C(C)C[N]1. The summed E-state index contributed by atoms with van der Waals surface area (Å²) in [7, 11) is 0.